The SMILES string of the molecule is Cc1cc(C#N)cc(C)c1Oc1ccc(CCl)cc1Cl. The largest absolute Gasteiger partial charge is 0.455 e. The van der Waals surface area contributed by atoms with E-state index in [1.807, 2.05) is 19.9 Å². The predicted molar refractivity (Wildman–Crippen MR) is 81.7 cm³/mol. The van der Waals surface area contributed by atoms with E-state index < -0.39 is 0 Å². The van der Waals surface area contributed by atoms with E-state index in [4.69, 9.17) is 33.2 Å². The first kappa shape index (κ1) is 14.7. The molecule has 2 aromatic carbocycles. The second-order valence-corrected chi connectivity index (χ2v) is 5.23. The maximum absolute atomic E-state index is 8.94. The van der Waals surface area contributed by atoms with Gasteiger partial charge in [0.05, 0.1) is 16.7 Å². The lowest BCUT2D eigenvalue weighted by atomic mass is 10.1. The third-order valence-electron chi connectivity index (χ3n) is 2.95. The molecule has 0 atom stereocenters. The van der Waals surface area contributed by atoms with Crippen molar-refractivity contribution in [3.05, 3.63) is 57.6 Å². The maximum atomic E-state index is 8.94. The first-order valence-electron chi connectivity index (χ1n) is 6.08. The number of ether oxygens (including phenoxy) is 1. The molecule has 4 heteroatoms. The van der Waals surface area contributed by atoms with E-state index in [0.29, 0.717) is 22.2 Å². The van der Waals surface area contributed by atoms with Gasteiger partial charge in [-0.05, 0) is 54.8 Å². The second-order valence-electron chi connectivity index (χ2n) is 4.55. The monoisotopic (exact) mass is 305 g/mol. The van der Waals surface area contributed by atoms with Crippen molar-refractivity contribution in [1.29, 1.82) is 5.26 Å². The van der Waals surface area contributed by atoms with Crippen LogP contribution in [0.5, 0.6) is 11.5 Å². The van der Waals surface area contributed by atoms with E-state index in [2.05, 4.69) is 6.07 Å². The number of nitrogens with zero attached hydrogens (tertiary/aromatic N) is 1. The molecule has 0 amide bonds. The summed E-state index contributed by atoms with van der Waals surface area (Å²) in [5.74, 6) is 1.72. The molecule has 0 unspecified atom stereocenters. The summed E-state index contributed by atoms with van der Waals surface area (Å²) < 4.78 is 5.89. The van der Waals surface area contributed by atoms with Crippen LogP contribution in [-0.2, 0) is 5.88 Å². The number of nitriles is 1. The lowest BCUT2D eigenvalue weighted by Crippen LogP contribution is -1.93. The molecular formula is C16H13Cl2NO. The van der Waals surface area contributed by atoms with Crippen LogP contribution in [-0.4, -0.2) is 0 Å². The van der Waals surface area contributed by atoms with Gasteiger partial charge in [-0.15, -0.1) is 11.6 Å². The Morgan fingerprint density at radius 1 is 1.15 bits per heavy atom. The van der Waals surface area contributed by atoms with Crippen molar-refractivity contribution in [2.45, 2.75) is 19.7 Å². The molecule has 0 aliphatic rings. The quantitative estimate of drug-likeness (QED) is 0.715. The summed E-state index contributed by atoms with van der Waals surface area (Å²) in [5.41, 5.74) is 3.37. The molecule has 102 valence electrons. The smallest absolute Gasteiger partial charge is 0.146 e. The van der Waals surface area contributed by atoms with Crippen molar-refractivity contribution < 1.29 is 4.74 Å². The van der Waals surface area contributed by atoms with Gasteiger partial charge in [-0.25, -0.2) is 0 Å². The van der Waals surface area contributed by atoms with Gasteiger partial charge in [0, 0.05) is 5.88 Å². The molecule has 0 saturated heterocycles. The van der Waals surface area contributed by atoms with Gasteiger partial charge in [-0.2, -0.15) is 5.26 Å². The van der Waals surface area contributed by atoms with E-state index in [0.717, 1.165) is 22.4 Å². The second kappa shape index (κ2) is 6.17. The highest BCUT2D eigenvalue weighted by atomic mass is 35.5. The van der Waals surface area contributed by atoms with Gasteiger partial charge < -0.3 is 4.74 Å². The van der Waals surface area contributed by atoms with Crippen molar-refractivity contribution in [3.8, 4) is 17.6 Å². The molecule has 0 aliphatic heterocycles. The molecule has 20 heavy (non-hydrogen) atoms. The van der Waals surface area contributed by atoms with Crippen molar-refractivity contribution in [2.24, 2.45) is 0 Å². The van der Waals surface area contributed by atoms with Crippen LogP contribution in [0.1, 0.15) is 22.3 Å². The summed E-state index contributed by atoms with van der Waals surface area (Å²) in [6.07, 6.45) is 0. The molecule has 0 N–H and O–H groups in total. The minimum atomic E-state index is 0.412. The minimum absolute atomic E-state index is 0.412. The minimum Gasteiger partial charge on any atom is -0.455 e. The van der Waals surface area contributed by atoms with Gasteiger partial charge in [-0.1, -0.05) is 17.7 Å². The van der Waals surface area contributed by atoms with Crippen molar-refractivity contribution in [2.75, 3.05) is 0 Å². The summed E-state index contributed by atoms with van der Waals surface area (Å²) in [5, 5.41) is 9.46. The zero-order valence-electron chi connectivity index (χ0n) is 11.2. The normalized spacial score (nSPS) is 10.2. The zero-order valence-corrected chi connectivity index (χ0v) is 12.7. The Morgan fingerprint density at radius 3 is 2.30 bits per heavy atom. The zero-order chi connectivity index (χ0) is 14.7. The van der Waals surface area contributed by atoms with Crippen LogP contribution in [0.3, 0.4) is 0 Å². The highest BCUT2D eigenvalue weighted by Crippen LogP contribution is 2.34. The third kappa shape index (κ3) is 3.07. The number of aryl methyl sites for hydroxylation is 2. The Morgan fingerprint density at radius 2 is 1.80 bits per heavy atom. The maximum Gasteiger partial charge on any atom is 0.146 e. The molecular weight excluding hydrogens is 293 g/mol. The lowest BCUT2D eigenvalue weighted by Gasteiger charge is -2.13. The van der Waals surface area contributed by atoms with Gasteiger partial charge in [0.25, 0.3) is 0 Å². The van der Waals surface area contributed by atoms with Crippen LogP contribution in [0.2, 0.25) is 5.02 Å². The molecule has 0 fully saturated rings. The summed E-state index contributed by atoms with van der Waals surface area (Å²) in [7, 11) is 0. The van der Waals surface area contributed by atoms with E-state index in [9.17, 15) is 0 Å². The molecule has 0 spiro atoms. The predicted octanol–water partition coefficient (Wildman–Crippen LogP) is 5.36. The fourth-order valence-electron chi connectivity index (χ4n) is 2.00. The van der Waals surface area contributed by atoms with Crippen molar-refractivity contribution in [1.82, 2.24) is 0 Å². The molecule has 2 rings (SSSR count). The van der Waals surface area contributed by atoms with E-state index in [-0.39, 0.29) is 0 Å². The Balaban J connectivity index is 2.38. The number of hydrogen-bond donors (Lipinski definition) is 0. The van der Waals surface area contributed by atoms with Crippen LogP contribution < -0.4 is 4.74 Å². The van der Waals surface area contributed by atoms with Gasteiger partial charge in [0.15, 0.2) is 0 Å². The summed E-state index contributed by atoms with van der Waals surface area (Å²) >= 11 is 12.0. The van der Waals surface area contributed by atoms with E-state index >= 15 is 0 Å². The van der Waals surface area contributed by atoms with Gasteiger partial charge >= 0.3 is 0 Å². The van der Waals surface area contributed by atoms with Crippen LogP contribution >= 0.6 is 23.2 Å². The van der Waals surface area contributed by atoms with Crippen molar-refractivity contribution >= 4 is 23.2 Å². The molecule has 0 saturated carbocycles. The van der Waals surface area contributed by atoms with Gasteiger partial charge in [-0.3, -0.25) is 0 Å². The molecule has 0 bridgehead atoms. The molecule has 2 nitrogen and oxygen atoms in total. The number of benzene rings is 2. The number of hydrogen-bond acceptors (Lipinski definition) is 2. The molecule has 2 aromatic rings. The van der Waals surface area contributed by atoms with Crippen molar-refractivity contribution in [3.63, 3.8) is 0 Å². The van der Waals surface area contributed by atoms with Gasteiger partial charge in [0.2, 0.25) is 0 Å². The summed E-state index contributed by atoms with van der Waals surface area (Å²) in [6.45, 7) is 3.81. The first-order valence-corrected chi connectivity index (χ1v) is 7.00. The average Bonchev–Trinajstić information content (AvgIpc) is 2.43. The Hall–Kier alpha value is -1.69. The Labute approximate surface area is 128 Å². The molecule has 0 radical (unpaired) electrons. The standard InChI is InChI=1S/C16H13Cl2NO/c1-10-5-13(9-19)6-11(2)16(10)20-15-4-3-12(8-17)7-14(15)18/h3-7H,8H2,1-2H3. The fraction of sp³-hybridized carbons (Fsp3) is 0.188. The molecule has 0 aliphatic carbocycles. The Kier molecular flexibility index (Phi) is 4.54. The topological polar surface area (TPSA) is 33.0 Å². The molecule has 0 heterocycles. The fourth-order valence-corrected chi connectivity index (χ4v) is 2.40. The molecule has 0 aromatic heterocycles. The lowest BCUT2D eigenvalue weighted by molar-refractivity contribution is 0.475. The highest BCUT2D eigenvalue weighted by molar-refractivity contribution is 6.32. The average molecular weight is 306 g/mol. The number of halogens is 2. The van der Waals surface area contributed by atoms with Gasteiger partial charge in [0.1, 0.15) is 11.5 Å². The van der Waals surface area contributed by atoms with Crippen LogP contribution in [0.4, 0.5) is 0 Å². The number of rotatable bonds is 3. The van der Waals surface area contributed by atoms with E-state index in [1.165, 1.54) is 0 Å². The third-order valence-corrected chi connectivity index (χ3v) is 3.56. The number of alkyl halides is 1. The Bertz CT molecular complexity index is 666. The van der Waals surface area contributed by atoms with Crippen LogP contribution in [0, 0.1) is 25.2 Å². The van der Waals surface area contributed by atoms with E-state index in [1.54, 1.807) is 24.3 Å². The van der Waals surface area contributed by atoms with Crippen LogP contribution in [0.15, 0.2) is 30.3 Å². The summed E-state index contributed by atoms with van der Waals surface area (Å²) in [6, 6.07) is 11.2. The van der Waals surface area contributed by atoms with Crippen LogP contribution in [0.25, 0.3) is 0 Å². The summed E-state index contributed by atoms with van der Waals surface area (Å²) in [4.78, 5) is 0. The highest BCUT2D eigenvalue weighted by Gasteiger charge is 2.10. The first-order chi connectivity index (χ1) is 9.55.